The summed E-state index contributed by atoms with van der Waals surface area (Å²) < 4.78 is 75.4. The van der Waals surface area contributed by atoms with E-state index in [9.17, 15) is 21.6 Å². The summed E-state index contributed by atoms with van der Waals surface area (Å²) in [5.41, 5.74) is -0.521. The minimum Gasteiger partial charge on any atom is -0.480 e. The highest BCUT2D eigenvalue weighted by molar-refractivity contribution is 7.88. The molecule has 1 saturated heterocycles. The Kier molecular flexibility index (Phi) is 6.27. The summed E-state index contributed by atoms with van der Waals surface area (Å²) in [4.78, 5) is 0. The molecule has 1 atom stereocenters. The van der Waals surface area contributed by atoms with Gasteiger partial charge in [0.1, 0.15) is 6.10 Å². The van der Waals surface area contributed by atoms with E-state index in [4.69, 9.17) is 9.47 Å². The lowest BCUT2D eigenvalue weighted by Crippen LogP contribution is -2.44. The van der Waals surface area contributed by atoms with E-state index in [2.05, 4.69) is 10.2 Å². The molecule has 1 aromatic carbocycles. The van der Waals surface area contributed by atoms with E-state index in [1.807, 2.05) is 0 Å². The maximum absolute atomic E-state index is 12.7. The average Bonchev–Trinajstić information content (AvgIpc) is 2.68. The lowest BCUT2D eigenvalue weighted by atomic mass is 10.1. The molecule has 0 amide bonds. The van der Waals surface area contributed by atoms with Crippen LogP contribution >= 0.6 is 0 Å². The van der Waals surface area contributed by atoms with Crippen LogP contribution in [0.1, 0.15) is 24.0 Å². The highest BCUT2D eigenvalue weighted by Gasteiger charge is 2.32. The number of aromatic nitrogens is 2. The Morgan fingerprint density at radius 3 is 2.34 bits per heavy atom. The van der Waals surface area contributed by atoms with Crippen LogP contribution in [0.3, 0.4) is 0 Å². The number of benzene rings is 1. The van der Waals surface area contributed by atoms with Crippen molar-refractivity contribution in [3.05, 3.63) is 47.5 Å². The summed E-state index contributed by atoms with van der Waals surface area (Å²) in [6.07, 6.45) is -3.60. The SMILES string of the molecule is COc1ccc(OC2CCCN(S(=O)(=O)Cc3ccc(C(F)(F)F)cc3)C2)nn1. The molecule has 0 aliphatic carbocycles. The summed E-state index contributed by atoms with van der Waals surface area (Å²) in [5.74, 6) is 0.222. The number of sulfonamides is 1. The van der Waals surface area contributed by atoms with Gasteiger partial charge in [-0.2, -0.15) is 17.5 Å². The summed E-state index contributed by atoms with van der Waals surface area (Å²) in [6.45, 7) is 0.466. The van der Waals surface area contributed by atoms with Crippen molar-refractivity contribution in [2.45, 2.75) is 30.9 Å². The fourth-order valence-corrected chi connectivity index (χ4v) is 4.59. The van der Waals surface area contributed by atoms with Crippen molar-refractivity contribution in [1.82, 2.24) is 14.5 Å². The molecule has 7 nitrogen and oxygen atoms in total. The van der Waals surface area contributed by atoms with E-state index in [-0.39, 0.29) is 18.2 Å². The smallest absolute Gasteiger partial charge is 0.416 e. The maximum Gasteiger partial charge on any atom is 0.416 e. The van der Waals surface area contributed by atoms with Crippen LogP contribution in [-0.2, 0) is 22.0 Å². The third kappa shape index (κ3) is 5.57. The van der Waals surface area contributed by atoms with Crippen LogP contribution in [-0.4, -0.2) is 49.2 Å². The van der Waals surface area contributed by atoms with Crippen molar-refractivity contribution in [2.75, 3.05) is 20.2 Å². The summed E-state index contributed by atoms with van der Waals surface area (Å²) in [7, 11) is -2.24. The highest BCUT2D eigenvalue weighted by atomic mass is 32.2. The van der Waals surface area contributed by atoms with Crippen LogP contribution in [0.2, 0.25) is 0 Å². The normalized spacial score (nSPS) is 18.4. The van der Waals surface area contributed by atoms with Gasteiger partial charge in [0.05, 0.1) is 25.0 Å². The lowest BCUT2D eigenvalue weighted by Gasteiger charge is -2.31. The first kappa shape index (κ1) is 21.3. The van der Waals surface area contributed by atoms with Crippen LogP contribution in [0.25, 0.3) is 0 Å². The monoisotopic (exact) mass is 431 g/mol. The first-order valence-electron chi connectivity index (χ1n) is 8.86. The van der Waals surface area contributed by atoms with Crippen LogP contribution in [0.5, 0.6) is 11.8 Å². The van der Waals surface area contributed by atoms with Gasteiger partial charge in [-0.05, 0) is 30.5 Å². The minimum absolute atomic E-state index is 0.136. The second-order valence-corrected chi connectivity index (χ2v) is 8.57. The Balaban J connectivity index is 1.63. The zero-order valence-electron chi connectivity index (χ0n) is 15.6. The molecule has 2 heterocycles. The molecule has 1 aliphatic heterocycles. The third-order valence-corrected chi connectivity index (χ3v) is 6.29. The largest absolute Gasteiger partial charge is 0.480 e. The van der Waals surface area contributed by atoms with Gasteiger partial charge >= 0.3 is 6.18 Å². The predicted molar refractivity (Wildman–Crippen MR) is 97.9 cm³/mol. The number of alkyl halides is 3. The molecule has 0 bridgehead atoms. The molecule has 0 saturated carbocycles. The highest BCUT2D eigenvalue weighted by Crippen LogP contribution is 2.29. The Bertz CT molecular complexity index is 919. The van der Waals surface area contributed by atoms with Gasteiger partial charge in [0.25, 0.3) is 0 Å². The Morgan fingerprint density at radius 1 is 1.10 bits per heavy atom. The Morgan fingerprint density at radius 2 is 1.76 bits per heavy atom. The summed E-state index contributed by atoms with van der Waals surface area (Å²) in [6, 6.07) is 7.31. The van der Waals surface area contributed by atoms with Gasteiger partial charge < -0.3 is 9.47 Å². The molecular weight excluding hydrogens is 411 g/mol. The fraction of sp³-hybridized carbons (Fsp3) is 0.444. The molecule has 0 spiro atoms. The van der Waals surface area contributed by atoms with Gasteiger partial charge in [-0.3, -0.25) is 0 Å². The molecule has 29 heavy (non-hydrogen) atoms. The maximum atomic E-state index is 12.7. The molecule has 158 valence electrons. The van der Waals surface area contributed by atoms with E-state index in [0.29, 0.717) is 30.8 Å². The van der Waals surface area contributed by atoms with Crippen LogP contribution in [0.4, 0.5) is 13.2 Å². The van der Waals surface area contributed by atoms with Crippen molar-refractivity contribution in [3.8, 4) is 11.8 Å². The van der Waals surface area contributed by atoms with E-state index in [1.165, 1.54) is 23.5 Å². The van der Waals surface area contributed by atoms with Crippen molar-refractivity contribution >= 4 is 10.0 Å². The van der Waals surface area contributed by atoms with E-state index in [1.54, 1.807) is 12.1 Å². The predicted octanol–water partition coefficient (Wildman–Crippen LogP) is 2.88. The molecule has 0 N–H and O–H groups in total. The van der Waals surface area contributed by atoms with Gasteiger partial charge in [-0.1, -0.05) is 12.1 Å². The molecule has 1 aromatic heterocycles. The Labute approximate surface area is 166 Å². The number of rotatable bonds is 6. The quantitative estimate of drug-likeness (QED) is 0.700. The lowest BCUT2D eigenvalue weighted by molar-refractivity contribution is -0.137. The van der Waals surface area contributed by atoms with Crippen LogP contribution in [0.15, 0.2) is 36.4 Å². The molecular formula is C18H20F3N3O4S. The van der Waals surface area contributed by atoms with Crippen molar-refractivity contribution in [3.63, 3.8) is 0 Å². The minimum atomic E-state index is -4.46. The molecule has 2 aromatic rings. The fourth-order valence-electron chi connectivity index (χ4n) is 3.00. The molecule has 0 radical (unpaired) electrons. The first-order valence-corrected chi connectivity index (χ1v) is 10.5. The topological polar surface area (TPSA) is 81.6 Å². The molecule has 11 heteroatoms. The molecule has 1 fully saturated rings. The van der Waals surface area contributed by atoms with E-state index in [0.717, 1.165) is 12.1 Å². The number of methoxy groups -OCH3 is 1. The zero-order chi connectivity index (χ0) is 21.1. The van der Waals surface area contributed by atoms with Crippen molar-refractivity contribution in [2.24, 2.45) is 0 Å². The van der Waals surface area contributed by atoms with Crippen molar-refractivity contribution < 1.29 is 31.1 Å². The molecule has 3 rings (SSSR count). The second kappa shape index (κ2) is 8.54. The van der Waals surface area contributed by atoms with E-state index >= 15 is 0 Å². The first-order chi connectivity index (χ1) is 13.7. The van der Waals surface area contributed by atoms with Crippen molar-refractivity contribution in [1.29, 1.82) is 0 Å². The molecule has 1 unspecified atom stereocenters. The zero-order valence-corrected chi connectivity index (χ0v) is 16.4. The van der Waals surface area contributed by atoms with Crippen LogP contribution in [0, 0.1) is 0 Å². The second-order valence-electron chi connectivity index (χ2n) is 6.60. The van der Waals surface area contributed by atoms with Gasteiger partial charge in [0, 0.05) is 18.7 Å². The summed E-state index contributed by atoms with van der Waals surface area (Å²) >= 11 is 0. The van der Waals surface area contributed by atoms with Gasteiger partial charge in [-0.15, -0.1) is 10.2 Å². The standard InChI is InChI=1S/C18H20F3N3O4S/c1-27-16-8-9-17(23-22-16)28-15-3-2-10-24(11-15)29(25,26)12-13-4-6-14(7-5-13)18(19,20)21/h4-9,15H,2-3,10-12H2,1H3. The molecule has 1 aliphatic rings. The number of ether oxygens (including phenoxy) is 2. The third-order valence-electron chi connectivity index (χ3n) is 4.48. The van der Waals surface area contributed by atoms with Gasteiger partial charge in [0.2, 0.25) is 21.8 Å². The summed E-state index contributed by atoms with van der Waals surface area (Å²) in [5, 5.41) is 7.67. The Hall–Kier alpha value is -2.40. The number of halogens is 3. The van der Waals surface area contributed by atoms with Crippen LogP contribution < -0.4 is 9.47 Å². The number of piperidine rings is 1. The van der Waals surface area contributed by atoms with Gasteiger partial charge in [0.15, 0.2) is 0 Å². The van der Waals surface area contributed by atoms with E-state index < -0.39 is 27.9 Å². The number of hydrogen-bond donors (Lipinski definition) is 0. The number of hydrogen-bond acceptors (Lipinski definition) is 6. The average molecular weight is 431 g/mol. The number of nitrogens with zero attached hydrogens (tertiary/aromatic N) is 3. The van der Waals surface area contributed by atoms with Gasteiger partial charge in [-0.25, -0.2) is 8.42 Å².